The van der Waals surface area contributed by atoms with Crippen LogP contribution in [0.25, 0.3) is 0 Å². The van der Waals surface area contributed by atoms with Crippen LogP contribution in [-0.2, 0) is 16.8 Å². The lowest BCUT2D eigenvalue weighted by Crippen LogP contribution is -2.24. The third-order valence-electron chi connectivity index (χ3n) is 3.01. The van der Waals surface area contributed by atoms with Gasteiger partial charge in [0, 0.05) is 5.69 Å². The van der Waals surface area contributed by atoms with Gasteiger partial charge in [-0.25, -0.2) is 0 Å². The van der Waals surface area contributed by atoms with Gasteiger partial charge in [0.1, 0.15) is 0 Å². The molecule has 0 spiro atoms. The van der Waals surface area contributed by atoms with E-state index in [1.54, 1.807) is 6.92 Å². The highest BCUT2D eigenvalue weighted by Crippen LogP contribution is 2.23. The monoisotopic (exact) mass is 238 g/mol. The Morgan fingerprint density at radius 3 is 2.29 bits per heavy atom. The maximum Gasteiger partial charge on any atom is 0.306 e. The topological polar surface area (TPSA) is 55.1 Å². The van der Waals surface area contributed by atoms with Crippen LogP contribution in [0.3, 0.4) is 0 Å². The summed E-state index contributed by atoms with van der Waals surface area (Å²) in [6.45, 7) is 12.0. The molecule has 0 aliphatic carbocycles. The Morgan fingerprint density at radius 1 is 1.41 bits per heavy atom. The van der Waals surface area contributed by atoms with E-state index in [4.69, 9.17) is 5.11 Å². The third-order valence-corrected chi connectivity index (χ3v) is 3.01. The van der Waals surface area contributed by atoms with Crippen molar-refractivity contribution in [3.05, 3.63) is 17.0 Å². The van der Waals surface area contributed by atoms with Gasteiger partial charge < -0.3 is 5.11 Å². The molecule has 4 nitrogen and oxygen atoms in total. The molecule has 1 aromatic heterocycles. The van der Waals surface area contributed by atoms with Crippen LogP contribution < -0.4 is 0 Å². The molecular weight excluding hydrogens is 216 g/mol. The maximum absolute atomic E-state index is 10.9. The number of carboxylic acids is 1. The number of hydrogen-bond acceptors (Lipinski definition) is 2. The molecule has 0 radical (unpaired) electrons. The van der Waals surface area contributed by atoms with Crippen molar-refractivity contribution in [3.63, 3.8) is 0 Å². The zero-order chi connectivity index (χ0) is 13.4. The minimum atomic E-state index is -0.757. The number of hydrogen-bond donors (Lipinski definition) is 1. The van der Waals surface area contributed by atoms with E-state index in [2.05, 4.69) is 25.9 Å². The number of aryl methyl sites for hydroxylation is 1. The normalized spacial score (nSPS) is 13.8. The molecule has 1 N–H and O–H groups in total. The molecule has 0 bridgehead atoms. The van der Waals surface area contributed by atoms with Crippen molar-refractivity contribution in [2.75, 3.05) is 0 Å². The number of nitrogens with zero attached hydrogens (tertiary/aromatic N) is 2. The van der Waals surface area contributed by atoms with E-state index in [1.807, 2.05) is 18.5 Å². The lowest BCUT2D eigenvalue weighted by Gasteiger charge is -2.21. The molecule has 0 amide bonds. The molecule has 0 saturated carbocycles. The van der Waals surface area contributed by atoms with Gasteiger partial charge in [0.05, 0.1) is 17.2 Å². The number of carboxylic acid groups (broad SMARTS) is 1. The third kappa shape index (κ3) is 2.87. The standard InChI is InChI=1S/C13H22N2O2/c1-8(12(16)17)7-11-9(2)14-15(10(11)3)13(4,5)6/h8H,7H2,1-6H3,(H,16,17). The summed E-state index contributed by atoms with van der Waals surface area (Å²) in [6, 6.07) is 0. The molecule has 0 fully saturated rings. The first-order valence-corrected chi connectivity index (χ1v) is 5.93. The molecular formula is C13H22N2O2. The van der Waals surface area contributed by atoms with E-state index in [1.165, 1.54) is 0 Å². The fraction of sp³-hybridized carbons (Fsp3) is 0.692. The molecule has 4 heteroatoms. The first-order chi connectivity index (χ1) is 7.64. The fourth-order valence-corrected chi connectivity index (χ4v) is 2.02. The van der Waals surface area contributed by atoms with Gasteiger partial charge in [-0.2, -0.15) is 5.10 Å². The summed E-state index contributed by atoms with van der Waals surface area (Å²) in [4.78, 5) is 10.9. The Labute approximate surface area is 103 Å². The van der Waals surface area contributed by atoms with Crippen LogP contribution in [0.4, 0.5) is 0 Å². The summed E-state index contributed by atoms with van der Waals surface area (Å²) in [7, 11) is 0. The smallest absolute Gasteiger partial charge is 0.306 e. The van der Waals surface area contributed by atoms with E-state index in [0.717, 1.165) is 17.0 Å². The van der Waals surface area contributed by atoms with Crippen molar-refractivity contribution in [1.29, 1.82) is 0 Å². The van der Waals surface area contributed by atoms with Crippen molar-refractivity contribution in [2.45, 2.75) is 53.5 Å². The SMILES string of the molecule is Cc1nn(C(C)(C)C)c(C)c1CC(C)C(=O)O. The molecule has 0 aliphatic heterocycles. The Kier molecular flexibility index (Phi) is 3.65. The summed E-state index contributed by atoms with van der Waals surface area (Å²) in [5, 5.41) is 13.5. The molecule has 1 atom stereocenters. The summed E-state index contributed by atoms with van der Waals surface area (Å²) in [5.74, 6) is -1.13. The second-order valence-electron chi connectivity index (χ2n) is 5.68. The lowest BCUT2D eigenvalue weighted by molar-refractivity contribution is -0.141. The van der Waals surface area contributed by atoms with Gasteiger partial charge in [-0.1, -0.05) is 6.92 Å². The second-order valence-corrected chi connectivity index (χ2v) is 5.68. The first-order valence-electron chi connectivity index (χ1n) is 5.93. The summed E-state index contributed by atoms with van der Waals surface area (Å²) in [6.07, 6.45) is 0.545. The molecule has 1 unspecified atom stereocenters. The molecule has 1 rings (SSSR count). The van der Waals surface area contributed by atoms with E-state index in [-0.39, 0.29) is 11.5 Å². The van der Waals surface area contributed by atoms with Crippen LogP contribution in [0.15, 0.2) is 0 Å². The summed E-state index contributed by atoms with van der Waals surface area (Å²) in [5.41, 5.74) is 3.00. The number of rotatable bonds is 3. The Morgan fingerprint density at radius 2 is 1.94 bits per heavy atom. The van der Waals surface area contributed by atoms with Crippen LogP contribution in [0, 0.1) is 19.8 Å². The zero-order valence-corrected chi connectivity index (χ0v) is 11.5. The first kappa shape index (κ1) is 13.7. The average Bonchev–Trinajstić information content (AvgIpc) is 2.44. The largest absolute Gasteiger partial charge is 0.481 e. The molecule has 1 aromatic rings. The van der Waals surface area contributed by atoms with Crippen LogP contribution in [0.5, 0.6) is 0 Å². The van der Waals surface area contributed by atoms with E-state index in [0.29, 0.717) is 6.42 Å². The van der Waals surface area contributed by atoms with Crippen molar-refractivity contribution in [3.8, 4) is 0 Å². The Hall–Kier alpha value is -1.32. The predicted octanol–water partition coefficient (Wildman–Crippen LogP) is 2.52. The highest BCUT2D eigenvalue weighted by Gasteiger charge is 2.23. The van der Waals surface area contributed by atoms with Gasteiger partial charge in [0.2, 0.25) is 0 Å². The molecule has 96 valence electrons. The van der Waals surface area contributed by atoms with Crippen molar-refractivity contribution in [1.82, 2.24) is 9.78 Å². The van der Waals surface area contributed by atoms with Crippen LogP contribution in [0.1, 0.15) is 44.6 Å². The minimum absolute atomic E-state index is 0.0699. The van der Waals surface area contributed by atoms with Gasteiger partial charge >= 0.3 is 5.97 Å². The lowest BCUT2D eigenvalue weighted by atomic mass is 9.99. The summed E-state index contributed by atoms with van der Waals surface area (Å²) >= 11 is 0. The second kappa shape index (κ2) is 4.51. The molecule has 0 aromatic carbocycles. The number of aliphatic carboxylic acids is 1. The number of carbonyl (C=O) groups is 1. The highest BCUT2D eigenvalue weighted by molar-refractivity contribution is 5.70. The molecule has 17 heavy (non-hydrogen) atoms. The van der Waals surface area contributed by atoms with Crippen LogP contribution in [0.2, 0.25) is 0 Å². The van der Waals surface area contributed by atoms with Crippen LogP contribution >= 0.6 is 0 Å². The quantitative estimate of drug-likeness (QED) is 0.880. The molecule has 1 heterocycles. The van der Waals surface area contributed by atoms with E-state index >= 15 is 0 Å². The fourth-order valence-electron chi connectivity index (χ4n) is 2.02. The van der Waals surface area contributed by atoms with Gasteiger partial charge in [0.25, 0.3) is 0 Å². The zero-order valence-electron chi connectivity index (χ0n) is 11.5. The van der Waals surface area contributed by atoms with Gasteiger partial charge in [-0.15, -0.1) is 0 Å². The minimum Gasteiger partial charge on any atom is -0.481 e. The molecule has 0 saturated heterocycles. The van der Waals surface area contributed by atoms with Crippen molar-refractivity contribution < 1.29 is 9.90 Å². The van der Waals surface area contributed by atoms with Crippen LogP contribution in [-0.4, -0.2) is 20.9 Å². The number of aromatic nitrogens is 2. The van der Waals surface area contributed by atoms with Crippen molar-refractivity contribution >= 4 is 5.97 Å². The van der Waals surface area contributed by atoms with Crippen molar-refractivity contribution in [2.24, 2.45) is 5.92 Å². The molecule has 0 aliphatic rings. The van der Waals surface area contributed by atoms with Gasteiger partial charge in [-0.05, 0) is 46.6 Å². The predicted molar refractivity (Wildman–Crippen MR) is 67.2 cm³/mol. The maximum atomic E-state index is 10.9. The highest BCUT2D eigenvalue weighted by atomic mass is 16.4. The van der Waals surface area contributed by atoms with Gasteiger partial charge in [-0.3, -0.25) is 9.48 Å². The average molecular weight is 238 g/mol. The van der Waals surface area contributed by atoms with E-state index < -0.39 is 5.97 Å². The Bertz CT molecular complexity index is 427. The van der Waals surface area contributed by atoms with E-state index in [9.17, 15) is 4.79 Å². The van der Waals surface area contributed by atoms with Gasteiger partial charge in [0.15, 0.2) is 0 Å². The summed E-state index contributed by atoms with van der Waals surface area (Å²) < 4.78 is 1.98. The Balaban J connectivity index is 3.10.